The van der Waals surface area contributed by atoms with Crippen LogP contribution in [0.4, 0.5) is 5.82 Å². The highest BCUT2D eigenvalue weighted by atomic mass is 16.3. The summed E-state index contributed by atoms with van der Waals surface area (Å²) in [6, 6.07) is 1.97. The first-order valence-electron chi connectivity index (χ1n) is 4.90. The molecule has 0 bridgehead atoms. The summed E-state index contributed by atoms with van der Waals surface area (Å²) in [5.41, 5.74) is -0.0148. The van der Waals surface area contributed by atoms with Gasteiger partial charge in [0.15, 0.2) is 11.5 Å². The quantitative estimate of drug-likeness (QED) is 0.756. The van der Waals surface area contributed by atoms with E-state index in [-0.39, 0.29) is 17.8 Å². The SMILES string of the molecule is N#Cc1nccnc1NC1(CO)CCC1. The molecule has 1 aromatic heterocycles. The number of nitrogens with one attached hydrogen (secondary N) is 1. The highest BCUT2D eigenvalue weighted by molar-refractivity contribution is 5.49. The third kappa shape index (κ3) is 1.76. The zero-order valence-corrected chi connectivity index (χ0v) is 8.27. The summed E-state index contributed by atoms with van der Waals surface area (Å²) in [5, 5.41) is 21.2. The molecule has 1 aliphatic carbocycles. The number of nitriles is 1. The Kier molecular flexibility index (Phi) is 2.52. The number of aliphatic hydroxyl groups excluding tert-OH is 1. The number of aliphatic hydroxyl groups is 1. The van der Waals surface area contributed by atoms with Crippen LogP contribution in [0.5, 0.6) is 0 Å². The van der Waals surface area contributed by atoms with Gasteiger partial charge in [0, 0.05) is 12.4 Å². The molecule has 1 saturated carbocycles. The van der Waals surface area contributed by atoms with Crippen molar-refractivity contribution < 1.29 is 5.11 Å². The lowest BCUT2D eigenvalue weighted by Gasteiger charge is -2.41. The Hall–Kier alpha value is -1.67. The Morgan fingerprint density at radius 3 is 2.73 bits per heavy atom. The fourth-order valence-corrected chi connectivity index (χ4v) is 1.69. The molecule has 1 aliphatic rings. The van der Waals surface area contributed by atoms with E-state index < -0.39 is 0 Å². The lowest BCUT2D eigenvalue weighted by Crippen LogP contribution is -2.48. The maximum Gasteiger partial charge on any atom is 0.182 e. The summed E-state index contributed by atoms with van der Waals surface area (Å²) in [6.07, 6.45) is 5.93. The highest BCUT2D eigenvalue weighted by Crippen LogP contribution is 2.34. The van der Waals surface area contributed by atoms with Gasteiger partial charge >= 0.3 is 0 Å². The molecule has 5 heteroatoms. The average Bonchev–Trinajstić information content (AvgIpc) is 2.24. The number of hydrogen-bond acceptors (Lipinski definition) is 5. The number of rotatable bonds is 3. The molecule has 0 aliphatic heterocycles. The van der Waals surface area contributed by atoms with Crippen LogP contribution >= 0.6 is 0 Å². The van der Waals surface area contributed by atoms with Crippen LogP contribution < -0.4 is 5.32 Å². The molecule has 0 radical (unpaired) electrons. The van der Waals surface area contributed by atoms with Crippen molar-refractivity contribution >= 4 is 5.82 Å². The summed E-state index contributed by atoms with van der Waals surface area (Å²) >= 11 is 0. The highest BCUT2D eigenvalue weighted by Gasteiger charge is 2.37. The van der Waals surface area contributed by atoms with Crippen LogP contribution in [0.1, 0.15) is 25.0 Å². The first-order valence-corrected chi connectivity index (χ1v) is 4.90. The van der Waals surface area contributed by atoms with E-state index in [9.17, 15) is 5.11 Å². The molecule has 5 nitrogen and oxygen atoms in total. The summed E-state index contributed by atoms with van der Waals surface area (Å²) in [5.74, 6) is 0.466. The zero-order valence-electron chi connectivity index (χ0n) is 8.27. The van der Waals surface area contributed by atoms with E-state index in [1.807, 2.05) is 6.07 Å². The van der Waals surface area contributed by atoms with Gasteiger partial charge in [-0.2, -0.15) is 5.26 Å². The molecule has 15 heavy (non-hydrogen) atoms. The van der Waals surface area contributed by atoms with E-state index in [2.05, 4.69) is 15.3 Å². The summed E-state index contributed by atoms with van der Waals surface area (Å²) < 4.78 is 0. The first kappa shape index (κ1) is 9.87. The Labute approximate surface area is 87.8 Å². The summed E-state index contributed by atoms with van der Waals surface area (Å²) in [4.78, 5) is 7.96. The molecule has 1 heterocycles. The minimum atomic E-state index is -0.290. The van der Waals surface area contributed by atoms with Gasteiger partial charge in [-0.05, 0) is 19.3 Å². The van der Waals surface area contributed by atoms with Crippen LogP contribution in [-0.2, 0) is 0 Å². The summed E-state index contributed by atoms with van der Waals surface area (Å²) in [7, 11) is 0. The number of aromatic nitrogens is 2. The molecule has 0 aromatic carbocycles. The second-order valence-electron chi connectivity index (χ2n) is 3.78. The van der Waals surface area contributed by atoms with E-state index >= 15 is 0 Å². The van der Waals surface area contributed by atoms with Crippen LogP contribution in [0.2, 0.25) is 0 Å². The van der Waals surface area contributed by atoms with E-state index in [1.165, 1.54) is 12.4 Å². The minimum absolute atomic E-state index is 0.0639. The number of nitrogens with zero attached hydrogens (tertiary/aromatic N) is 3. The Balaban J connectivity index is 2.20. The van der Waals surface area contributed by atoms with Crippen molar-refractivity contribution in [1.29, 1.82) is 5.26 Å². The lowest BCUT2D eigenvalue weighted by molar-refractivity contribution is 0.143. The molecule has 0 amide bonds. The molecule has 78 valence electrons. The fourth-order valence-electron chi connectivity index (χ4n) is 1.69. The molecular formula is C10H12N4O. The molecule has 0 atom stereocenters. The van der Waals surface area contributed by atoms with E-state index in [4.69, 9.17) is 5.26 Å². The molecule has 0 unspecified atom stereocenters. The molecule has 0 saturated heterocycles. The maximum atomic E-state index is 9.27. The molecule has 1 aromatic rings. The first-order chi connectivity index (χ1) is 7.29. The minimum Gasteiger partial charge on any atom is -0.394 e. The third-order valence-corrected chi connectivity index (χ3v) is 2.80. The van der Waals surface area contributed by atoms with Gasteiger partial charge in [-0.15, -0.1) is 0 Å². The second-order valence-corrected chi connectivity index (χ2v) is 3.78. The average molecular weight is 204 g/mol. The largest absolute Gasteiger partial charge is 0.394 e. The Morgan fingerprint density at radius 1 is 1.47 bits per heavy atom. The maximum absolute atomic E-state index is 9.27. The normalized spacial score (nSPS) is 17.6. The standard InChI is InChI=1S/C10H12N4O/c11-6-8-9(13-5-4-12-8)14-10(7-15)2-1-3-10/h4-5,15H,1-3,7H2,(H,13,14). The third-order valence-electron chi connectivity index (χ3n) is 2.80. The van der Waals surface area contributed by atoms with Crippen molar-refractivity contribution in [3.05, 3.63) is 18.1 Å². The van der Waals surface area contributed by atoms with Crippen molar-refractivity contribution in [2.45, 2.75) is 24.8 Å². The van der Waals surface area contributed by atoms with Gasteiger partial charge in [0.25, 0.3) is 0 Å². The number of hydrogen-bond donors (Lipinski definition) is 2. The van der Waals surface area contributed by atoms with Crippen molar-refractivity contribution in [3.63, 3.8) is 0 Å². The second kappa shape index (κ2) is 3.83. The van der Waals surface area contributed by atoms with Gasteiger partial charge in [-0.1, -0.05) is 0 Å². The Bertz CT molecular complexity index is 389. The van der Waals surface area contributed by atoms with Gasteiger partial charge in [0.2, 0.25) is 0 Å². The van der Waals surface area contributed by atoms with E-state index in [0.29, 0.717) is 5.82 Å². The van der Waals surface area contributed by atoms with Crippen molar-refractivity contribution in [3.8, 4) is 6.07 Å². The fraction of sp³-hybridized carbons (Fsp3) is 0.500. The van der Waals surface area contributed by atoms with Crippen LogP contribution in [-0.4, -0.2) is 27.2 Å². The monoisotopic (exact) mass is 204 g/mol. The summed E-state index contributed by atoms with van der Waals surface area (Å²) in [6.45, 7) is 0.0639. The molecule has 0 spiro atoms. The van der Waals surface area contributed by atoms with Crippen LogP contribution in [0.15, 0.2) is 12.4 Å². The van der Waals surface area contributed by atoms with Crippen LogP contribution in [0.25, 0.3) is 0 Å². The van der Waals surface area contributed by atoms with Gasteiger partial charge in [0.1, 0.15) is 6.07 Å². The van der Waals surface area contributed by atoms with E-state index in [1.54, 1.807) is 0 Å². The van der Waals surface area contributed by atoms with Crippen molar-refractivity contribution in [1.82, 2.24) is 9.97 Å². The van der Waals surface area contributed by atoms with Crippen molar-refractivity contribution in [2.24, 2.45) is 0 Å². The number of anilines is 1. The van der Waals surface area contributed by atoms with Gasteiger partial charge in [-0.25, -0.2) is 9.97 Å². The molecule has 2 N–H and O–H groups in total. The van der Waals surface area contributed by atoms with Crippen molar-refractivity contribution in [2.75, 3.05) is 11.9 Å². The predicted octanol–water partition coefficient (Wildman–Crippen LogP) is 0.675. The topological polar surface area (TPSA) is 81.8 Å². The molecular weight excluding hydrogens is 192 g/mol. The van der Waals surface area contributed by atoms with E-state index in [0.717, 1.165) is 19.3 Å². The zero-order chi connectivity index (χ0) is 10.7. The van der Waals surface area contributed by atoms with Crippen LogP contribution in [0, 0.1) is 11.3 Å². The van der Waals surface area contributed by atoms with Gasteiger partial charge in [-0.3, -0.25) is 0 Å². The lowest BCUT2D eigenvalue weighted by atomic mass is 9.77. The Morgan fingerprint density at radius 2 is 2.20 bits per heavy atom. The molecule has 1 fully saturated rings. The van der Waals surface area contributed by atoms with Crippen LogP contribution in [0.3, 0.4) is 0 Å². The smallest absolute Gasteiger partial charge is 0.182 e. The molecule has 2 rings (SSSR count). The van der Waals surface area contributed by atoms with Gasteiger partial charge < -0.3 is 10.4 Å². The predicted molar refractivity (Wildman–Crippen MR) is 54.0 cm³/mol. The van der Waals surface area contributed by atoms with Gasteiger partial charge in [0.05, 0.1) is 12.1 Å².